The van der Waals surface area contributed by atoms with Crippen molar-refractivity contribution in [2.24, 2.45) is 5.92 Å². The zero-order chi connectivity index (χ0) is 13.1. The van der Waals surface area contributed by atoms with Gasteiger partial charge in [-0.05, 0) is 28.7 Å². The summed E-state index contributed by atoms with van der Waals surface area (Å²) in [5, 5.41) is 2.46. The lowest BCUT2D eigenvalue weighted by atomic mass is 9.96. The highest BCUT2D eigenvalue weighted by atomic mass is 32.2. The first-order valence-corrected chi connectivity index (χ1v) is 7.43. The second-order valence-electron chi connectivity index (χ2n) is 4.77. The van der Waals surface area contributed by atoms with Gasteiger partial charge in [-0.25, -0.2) is 0 Å². The summed E-state index contributed by atoms with van der Waals surface area (Å²) in [6.07, 6.45) is 2.61. The normalized spacial score (nSPS) is 11.1. The molecule has 0 amide bonds. The number of benzene rings is 2. The van der Waals surface area contributed by atoms with Crippen LogP contribution in [0.2, 0.25) is 0 Å². The molecule has 2 aromatic rings. The average Bonchev–Trinajstić information content (AvgIpc) is 2.38. The van der Waals surface area contributed by atoms with Gasteiger partial charge in [0.25, 0.3) is 0 Å². The minimum Gasteiger partial charge on any atom is -0.299 e. The summed E-state index contributed by atoms with van der Waals surface area (Å²) in [7, 11) is 0. The van der Waals surface area contributed by atoms with Gasteiger partial charge in [0, 0.05) is 17.2 Å². The van der Waals surface area contributed by atoms with Crippen LogP contribution in [0.3, 0.4) is 0 Å². The van der Waals surface area contributed by atoms with Crippen molar-refractivity contribution in [1.82, 2.24) is 0 Å². The Kier molecular flexibility index (Phi) is 4.07. The molecule has 0 bridgehead atoms. The van der Waals surface area contributed by atoms with Crippen LogP contribution in [0.15, 0.2) is 41.3 Å². The Hall–Kier alpha value is -1.28. The molecule has 0 radical (unpaired) electrons. The lowest BCUT2D eigenvalue weighted by molar-refractivity contribution is -0.121. The Morgan fingerprint density at radius 2 is 1.83 bits per heavy atom. The van der Waals surface area contributed by atoms with Crippen LogP contribution in [0.5, 0.6) is 0 Å². The van der Waals surface area contributed by atoms with E-state index >= 15 is 0 Å². The van der Waals surface area contributed by atoms with Crippen molar-refractivity contribution in [3.8, 4) is 0 Å². The zero-order valence-corrected chi connectivity index (χ0v) is 11.9. The van der Waals surface area contributed by atoms with Crippen LogP contribution in [0.1, 0.15) is 19.4 Å². The highest BCUT2D eigenvalue weighted by Crippen LogP contribution is 2.29. The van der Waals surface area contributed by atoms with Crippen molar-refractivity contribution < 1.29 is 4.79 Å². The Bertz CT molecular complexity index is 567. The monoisotopic (exact) mass is 258 g/mol. The van der Waals surface area contributed by atoms with Gasteiger partial charge in [-0.2, -0.15) is 0 Å². The molecule has 2 heteroatoms. The lowest BCUT2D eigenvalue weighted by Crippen LogP contribution is -2.10. The summed E-state index contributed by atoms with van der Waals surface area (Å²) in [6.45, 7) is 3.92. The number of Topliss-reactive ketones (excluding diaryl/α,β-unsaturated/α-hetero) is 1. The molecule has 18 heavy (non-hydrogen) atoms. The van der Waals surface area contributed by atoms with Crippen LogP contribution < -0.4 is 0 Å². The molecule has 1 nitrogen and oxygen atoms in total. The number of carbonyl (C=O) groups is 1. The number of carbonyl (C=O) groups excluding carboxylic acids is 1. The summed E-state index contributed by atoms with van der Waals surface area (Å²) < 4.78 is 0. The predicted molar refractivity (Wildman–Crippen MR) is 79.3 cm³/mol. The van der Waals surface area contributed by atoms with Gasteiger partial charge in [-0.3, -0.25) is 4.79 Å². The van der Waals surface area contributed by atoms with Gasteiger partial charge in [-0.1, -0.05) is 44.2 Å². The number of hydrogen-bond acceptors (Lipinski definition) is 2. The number of rotatable bonds is 4. The van der Waals surface area contributed by atoms with E-state index in [1.165, 1.54) is 15.7 Å². The van der Waals surface area contributed by atoms with Crippen molar-refractivity contribution in [3.05, 3.63) is 42.0 Å². The average molecular weight is 258 g/mol. The minimum absolute atomic E-state index is 0.0988. The van der Waals surface area contributed by atoms with E-state index in [-0.39, 0.29) is 5.92 Å². The second-order valence-corrected chi connectivity index (χ2v) is 5.62. The van der Waals surface area contributed by atoms with Crippen molar-refractivity contribution in [2.45, 2.75) is 25.2 Å². The third-order valence-corrected chi connectivity index (χ3v) is 3.96. The van der Waals surface area contributed by atoms with E-state index in [2.05, 4.69) is 36.6 Å². The largest absolute Gasteiger partial charge is 0.299 e. The van der Waals surface area contributed by atoms with E-state index in [1.54, 1.807) is 11.8 Å². The topological polar surface area (TPSA) is 17.1 Å². The SMILES string of the molecule is CSc1cccc2cccc(CC(=O)C(C)C)c12. The Labute approximate surface area is 113 Å². The summed E-state index contributed by atoms with van der Waals surface area (Å²) in [5.74, 6) is 0.403. The molecule has 0 aliphatic heterocycles. The number of ketones is 1. The molecule has 0 aliphatic carbocycles. The number of thioether (sulfide) groups is 1. The predicted octanol–water partition coefficient (Wildman–Crippen LogP) is 4.33. The van der Waals surface area contributed by atoms with E-state index in [1.807, 2.05) is 19.9 Å². The molecular formula is C16H18OS. The van der Waals surface area contributed by atoms with E-state index in [4.69, 9.17) is 0 Å². The fourth-order valence-electron chi connectivity index (χ4n) is 2.09. The van der Waals surface area contributed by atoms with Crippen molar-refractivity contribution in [2.75, 3.05) is 6.26 Å². The highest BCUT2D eigenvalue weighted by molar-refractivity contribution is 7.98. The summed E-state index contributed by atoms with van der Waals surface area (Å²) in [5.41, 5.74) is 1.15. The van der Waals surface area contributed by atoms with Gasteiger partial charge in [0.05, 0.1) is 0 Å². The molecule has 2 rings (SSSR count). The first-order valence-electron chi connectivity index (χ1n) is 6.21. The molecule has 0 N–H and O–H groups in total. The Morgan fingerprint density at radius 3 is 2.44 bits per heavy atom. The van der Waals surface area contributed by atoms with Crippen LogP contribution in [0.4, 0.5) is 0 Å². The number of fused-ring (bicyclic) bond motifs is 1. The van der Waals surface area contributed by atoms with Crippen molar-refractivity contribution in [3.63, 3.8) is 0 Å². The van der Waals surface area contributed by atoms with Gasteiger partial charge in [0.15, 0.2) is 0 Å². The molecule has 0 aromatic heterocycles. The molecule has 0 spiro atoms. The van der Waals surface area contributed by atoms with Gasteiger partial charge in [-0.15, -0.1) is 11.8 Å². The van der Waals surface area contributed by atoms with E-state index < -0.39 is 0 Å². The van der Waals surface area contributed by atoms with Gasteiger partial charge < -0.3 is 0 Å². The molecule has 0 unspecified atom stereocenters. The minimum atomic E-state index is 0.0988. The lowest BCUT2D eigenvalue weighted by Gasteiger charge is -2.11. The maximum atomic E-state index is 11.9. The quantitative estimate of drug-likeness (QED) is 0.759. The fourth-order valence-corrected chi connectivity index (χ4v) is 2.76. The van der Waals surface area contributed by atoms with Gasteiger partial charge >= 0.3 is 0 Å². The van der Waals surface area contributed by atoms with E-state index in [9.17, 15) is 4.79 Å². The molecule has 2 aromatic carbocycles. The molecule has 0 saturated heterocycles. The fraction of sp³-hybridized carbons (Fsp3) is 0.312. The van der Waals surface area contributed by atoms with Gasteiger partial charge in [0.2, 0.25) is 0 Å². The molecule has 0 heterocycles. The van der Waals surface area contributed by atoms with Crippen molar-refractivity contribution >= 4 is 28.3 Å². The van der Waals surface area contributed by atoms with E-state index in [0.29, 0.717) is 12.2 Å². The third kappa shape index (κ3) is 2.59. The summed E-state index contributed by atoms with van der Waals surface area (Å²) >= 11 is 1.74. The van der Waals surface area contributed by atoms with Crippen LogP contribution in [0, 0.1) is 5.92 Å². The van der Waals surface area contributed by atoms with Crippen LogP contribution >= 0.6 is 11.8 Å². The maximum absolute atomic E-state index is 11.9. The molecular weight excluding hydrogens is 240 g/mol. The molecule has 94 valence electrons. The zero-order valence-electron chi connectivity index (χ0n) is 11.1. The Balaban J connectivity index is 2.53. The maximum Gasteiger partial charge on any atom is 0.139 e. The molecule has 0 fully saturated rings. The molecule has 0 aliphatic rings. The molecule has 0 saturated carbocycles. The number of hydrogen-bond donors (Lipinski definition) is 0. The second kappa shape index (κ2) is 5.57. The summed E-state index contributed by atoms with van der Waals surface area (Å²) in [6, 6.07) is 12.5. The molecule has 0 atom stereocenters. The van der Waals surface area contributed by atoms with Gasteiger partial charge in [0.1, 0.15) is 5.78 Å². The van der Waals surface area contributed by atoms with E-state index in [0.717, 1.165) is 5.56 Å². The van der Waals surface area contributed by atoms with Crippen LogP contribution in [0.25, 0.3) is 10.8 Å². The van der Waals surface area contributed by atoms with Crippen molar-refractivity contribution in [1.29, 1.82) is 0 Å². The first-order chi connectivity index (χ1) is 8.63. The Morgan fingerprint density at radius 1 is 1.17 bits per heavy atom. The van der Waals surface area contributed by atoms with Crippen LogP contribution in [-0.2, 0) is 11.2 Å². The first kappa shape index (κ1) is 13.2. The highest BCUT2D eigenvalue weighted by Gasteiger charge is 2.12. The van der Waals surface area contributed by atoms with Crippen LogP contribution in [-0.4, -0.2) is 12.0 Å². The third-order valence-electron chi connectivity index (χ3n) is 3.18. The summed E-state index contributed by atoms with van der Waals surface area (Å²) in [4.78, 5) is 13.2. The standard InChI is InChI=1S/C16H18OS/c1-11(2)14(17)10-13-8-4-6-12-7-5-9-15(18-3)16(12)13/h4-9,11H,10H2,1-3H3. The smallest absolute Gasteiger partial charge is 0.139 e.